The molecule has 0 unspecified atom stereocenters. The summed E-state index contributed by atoms with van der Waals surface area (Å²) in [5, 5.41) is 13.2. The average molecular weight is 290 g/mol. The van der Waals surface area contributed by atoms with Crippen LogP contribution in [-0.2, 0) is 24.0 Å². The van der Waals surface area contributed by atoms with Crippen LogP contribution in [-0.4, -0.2) is 26.6 Å². The molecule has 1 heterocycles. The topological polar surface area (TPSA) is 55.1 Å². The van der Waals surface area contributed by atoms with Gasteiger partial charge in [0.15, 0.2) is 0 Å². The normalized spacial score (nSPS) is 10.7. The Balaban J connectivity index is 2.19. The Hall–Kier alpha value is -1.75. The number of aliphatic carboxylic acids is 1. The van der Waals surface area contributed by atoms with Gasteiger partial charge >= 0.3 is 5.97 Å². The first-order valence-electron chi connectivity index (χ1n) is 6.51. The zero-order chi connectivity index (χ0) is 14.5. The van der Waals surface area contributed by atoms with Gasteiger partial charge in [-0.15, -0.1) is 11.8 Å². The van der Waals surface area contributed by atoms with E-state index in [0.717, 1.165) is 23.2 Å². The van der Waals surface area contributed by atoms with Crippen LogP contribution in [0.1, 0.15) is 18.1 Å². The minimum Gasteiger partial charge on any atom is -0.481 e. The number of rotatable bonds is 6. The molecular formula is C15H18N2O2S. The van der Waals surface area contributed by atoms with E-state index in [2.05, 4.69) is 36.3 Å². The van der Waals surface area contributed by atoms with Crippen molar-refractivity contribution < 1.29 is 9.90 Å². The maximum absolute atomic E-state index is 10.6. The van der Waals surface area contributed by atoms with Gasteiger partial charge in [0.2, 0.25) is 0 Å². The van der Waals surface area contributed by atoms with E-state index >= 15 is 0 Å². The Morgan fingerprint density at radius 1 is 1.35 bits per heavy atom. The van der Waals surface area contributed by atoms with Crippen molar-refractivity contribution in [2.24, 2.45) is 7.05 Å². The van der Waals surface area contributed by atoms with E-state index in [0.29, 0.717) is 5.75 Å². The van der Waals surface area contributed by atoms with E-state index in [1.54, 1.807) is 4.68 Å². The third kappa shape index (κ3) is 3.63. The Labute approximate surface area is 122 Å². The zero-order valence-corrected chi connectivity index (χ0v) is 12.5. The summed E-state index contributed by atoms with van der Waals surface area (Å²) in [4.78, 5) is 10.6. The summed E-state index contributed by atoms with van der Waals surface area (Å²) < 4.78 is 1.78. The second-order valence-corrected chi connectivity index (χ2v) is 5.60. The molecule has 4 nitrogen and oxygen atoms in total. The molecule has 1 aromatic carbocycles. The van der Waals surface area contributed by atoms with Crippen LogP contribution in [0, 0.1) is 0 Å². The van der Waals surface area contributed by atoms with Crippen LogP contribution >= 0.6 is 11.8 Å². The van der Waals surface area contributed by atoms with Crippen molar-refractivity contribution >= 4 is 17.7 Å². The molecule has 106 valence electrons. The second kappa shape index (κ2) is 6.61. The van der Waals surface area contributed by atoms with Crippen LogP contribution in [0.5, 0.6) is 0 Å². The number of benzene rings is 1. The van der Waals surface area contributed by atoms with Gasteiger partial charge < -0.3 is 5.11 Å². The number of carbonyl (C=O) groups is 1. The van der Waals surface area contributed by atoms with Gasteiger partial charge in [-0.1, -0.05) is 31.2 Å². The number of carboxylic acid groups (broad SMARTS) is 1. The number of aromatic nitrogens is 2. The molecule has 20 heavy (non-hydrogen) atoms. The largest absolute Gasteiger partial charge is 0.481 e. The zero-order valence-electron chi connectivity index (χ0n) is 11.7. The molecule has 0 aliphatic carbocycles. The van der Waals surface area contributed by atoms with Crippen molar-refractivity contribution in [2.75, 3.05) is 5.75 Å². The van der Waals surface area contributed by atoms with Crippen molar-refractivity contribution in [1.29, 1.82) is 0 Å². The van der Waals surface area contributed by atoms with Gasteiger partial charge in [-0.2, -0.15) is 5.10 Å². The lowest BCUT2D eigenvalue weighted by Gasteiger charge is -2.03. The molecule has 0 saturated carbocycles. The van der Waals surface area contributed by atoms with E-state index < -0.39 is 5.97 Å². The van der Waals surface area contributed by atoms with Crippen molar-refractivity contribution in [3.63, 3.8) is 0 Å². The highest BCUT2D eigenvalue weighted by atomic mass is 32.2. The Morgan fingerprint density at radius 2 is 2.05 bits per heavy atom. The maximum atomic E-state index is 10.6. The Morgan fingerprint density at radius 3 is 2.65 bits per heavy atom. The number of aryl methyl sites for hydroxylation is 2. The van der Waals surface area contributed by atoms with Crippen LogP contribution in [0.15, 0.2) is 30.5 Å². The number of carboxylic acids is 1. The fourth-order valence-electron chi connectivity index (χ4n) is 2.03. The predicted molar refractivity (Wildman–Crippen MR) is 81.8 cm³/mol. The summed E-state index contributed by atoms with van der Waals surface area (Å²) in [7, 11) is 1.88. The van der Waals surface area contributed by atoms with Crippen LogP contribution in [0.3, 0.4) is 0 Å². The first-order valence-corrected chi connectivity index (χ1v) is 7.67. The minimum absolute atomic E-state index is 0.114. The number of hydrogen-bond acceptors (Lipinski definition) is 3. The summed E-state index contributed by atoms with van der Waals surface area (Å²) in [6, 6.07) is 8.37. The number of nitrogens with zero attached hydrogens (tertiary/aromatic N) is 2. The van der Waals surface area contributed by atoms with Crippen molar-refractivity contribution in [3.05, 3.63) is 41.6 Å². The van der Waals surface area contributed by atoms with Crippen molar-refractivity contribution in [2.45, 2.75) is 19.1 Å². The molecule has 2 aromatic rings. The molecule has 0 fully saturated rings. The van der Waals surface area contributed by atoms with Gasteiger partial charge in [0.1, 0.15) is 0 Å². The molecular weight excluding hydrogens is 272 g/mol. The van der Waals surface area contributed by atoms with Gasteiger partial charge in [-0.25, -0.2) is 0 Å². The van der Waals surface area contributed by atoms with Gasteiger partial charge in [0.25, 0.3) is 0 Å². The van der Waals surface area contributed by atoms with E-state index in [-0.39, 0.29) is 5.75 Å². The highest BCUT2D eigenvalue weighted by Crippen LogP contribution is 2.25. The molecule has 0 aliphatic rings. The number of thioether (sulfide) groups is 1. The highest BCUT2D eigenvalue weighted by molar-refractivity contribution is 7.99. The Bertz CT molecular complexity index is 590. The van der Waals surface area contributed by atoms with Gasteiger partial charge in [-0.05, 0) is 12.0 Å². The fraction of sp³-hybridized carbons (Fsp3) is 0.333. The van der Waals surface area contributed by atoms with Gasteiger partial charge in [-0.3, -0.25) is 9.48 Å². The summed E-state index contributed by atoms with van der Waals surface area (Å²) >= 11 is 1.39. The highest BCUT2D eigenvalue weighted by Gasteiger charge is 2.11. The van der Waals surface area contributed by atoms with Crippen LogP contribution in [0.25, 0.3) is 11.3 Å². The SMILES string of the molecule is CCc1ccc(-c2nn(C)cc2CSCC(=O)O)cc1. The molecule has 2 rings (SSSR count). The summed E-state index contributed by atoms with van der Waals surface area (Å²) in [6.45, 7) is 2.13. The molecule has 1 aromatic heterocycles. The van der Waals surface area contributed by atoms with Crippen LogP contribution in [0.4, 0.5) is 0 Å². The number of hydrogen-bond donors (Lipinski definition) is 1. The molecule has 0 bridgehead atoms. The van der Waals surface area contributed by atoms with Crippen molar-refractivity contribution in [3.8, 4) is 11.3 Å². The first-order chi connectivity index (χ1) is 9.60. The van der Waals surface area contributed by atoms with E-state index in [1.165, 1.54) is 17.3 Å². The second-order valence-electron chi connectivity index (χ2n) is 4.61. The molecule has 0 aliphatic heterocycles. The first kappa shape index (κ1) is 14.7. The summed E-state index contributed by atoms with van der Waals surface area (Å²) in [5.74, 6) is -0.0126. The summed E-state index contributed by atoms with van der Waals surface area (Å²) in [5.41, 5.74) is 4.39. The quantitative estimate of drug-likeness (QED) is 0.888. The predicted octanol–water partition coefficient (Wildman–Crippen LogP) is 2.97. The van der Waals surface area contributed by atoms with Gasteiger partial charge in [0, 0.05) is 30.1 Å². The van der Waals surface area contributed by atoms with E-state index in [9.17, 15) is 4.79 Å². The third-order valence-electron chi connectivity index (χ3n) is 3.02. The molecule has 0 radical (unpaired) electrons. The summed E-state index contributed by atoms with van der Waals surface area (Å²) in [6.07, 6.45) is 2.97. The van der Waals surface area contributed by atoms with E-state index in [4.69, 9.17) is 5.11 Å². The Kier molecular flexibility index (Phi) is 4.84. The lowest BCUT2D eigenvalue weighted by Crippen LogP contribution is -1.98. The standard InChI is InChI=1S/C15H18N2O2S/c1-3-11-4-6-12(7-5-11)15-13(8-17(2)16-15)9-20-10-14(18)19/h4-8H,3,9-10H2,1-2H3,(H,18,19). The molecule has 0 saturated heterocycles. The lowest BCUT2D eigenvalue weighted by molar-refractivity contribution is -0.133. The molecule has 0 atom stereocenters. The monoisotopic (exact) mass is 290 g/mol. The van der Waals surface area contributed by atoms with Gasteiger partial charge in [0.05, 0.1) is 11.4 Å². The van der Waals surface area contributed by atoms with Crippen LogP contribution < -0.4 is 0 Å². The maximum Gasteiger partial charge on any atom is 0.313 e. The average Bonchev–Trinajstić information content (AvgIpc) is 2.79. The smallest absolute Gasteiger partial charge is 0.313 e. The van der Waals surface area contributed by atoms with Crippen molar-refractivity contribution in [1.82, 2.24) is 9.78 Å². The van der Waals surface area contributed by atoms with Crippen LogP contribution in [0.2, 0.25) is 0 Å². The lowest BCUT2D eigenvalue weighted by atomic mass is 10.1. The molecule has 1 N–H and O–H groups in total. The minimum atomic E-state index is -0.785. The van der Waals surface area contributed by atoms with E-state index in [1.807, 2.05) is 13.2 Å². The molecule has 0 spiro atoms. The molecule has 0 amide bonds. The third-order valence-corrected chi connectivity index (χ3v) is 3.99. The molecule has 5 heteroatoms. The fourth-order valence-corrected chi connectivity index (χ4v) is 2.74.